The van der Waals surface area contributed by atoms with Crippen LogP contribution in [0.15, 0.2) is 73.1 Å². The fraction of sp³-hybridized carbons (Fsp3) is 0.0500. The fourth-order valence-electron chi connectivity index (χ4n) is 2.85. The molecule has 0 aliphatic carbocycles. The first-order chi connectivity index (χ1) is 11.2. The molecule has 0 aliphatic rings. The van der Waals surface area contributed by atoms with E-state index in [1.54, 1.807) is 0 Å². The summed E-state index contributed by atoms with van der Waals surface area (Å²) in [5, 5.41) is 0. The maximum atomic E-state index is 5.87. The van der Waals surface area contributed by atoms with E-state index in [2.05, 4.69) is 58.9 Å². The molecule has 0 saturated carbocycles. The van der Waals surface area contributed by atoms with Gasteiger partial charge in [0.1, 0.15) is 5.65 Å². The van der Waals surface area contributed by atoms with Crippen LogP contribution in [0.1, 0.15) is 5.56 Å². The van der Waals surface area contributed by atoms with Crippen LogP contribution in [0.3, 0.4) is 0 Å². The van der Waals surface area contributed by atoms with Crippen LogP contribution in [0.4, 0.5) is 5.69 Å². The van der Waals surface area contributed by atoms with Gasteiger partial charge in [-0.1, -0.05) is 42.5 Å². The van der Waals surface area contributed by atoms with Crippen LogP contribution >= 0.6 is 0 Å². The molecule has 2 N–H and O–H groups in total. The number of hydrogen-bond acceptors (Lipinski definition) is 2. The molecule has 4 aromatic rings. The summed E-state index contributed by atoms with van der Waals surface area (Å²) in [6, 6.07) is 20.6. The van der Waals surface area contributed by atoms with E-state index in [1.165, 1.54) is 5.56 Å². The largest absolute Gasteiger partial charge is 0.399 e. The molecule has 3 nitrogen and oxygen atoms in total. The lowest BCUT2D eigenvalue weighted by Crippen LogP contribution is -1.89. The van der Waals surface area contributed by atoms with Gasteiger partial charge in [-0.3, -0.25) is 4.40 Å². The van der Waals surface area contributed by atoms with Crippen molar-refractivity contribution in [3.63, 3.8) is 0 Å². The van der Waals surface area contributed by atoms with E-state index >= 15 is 0 Å². The zero-order valence-corrected chi connectivity index (χ0v) is 12.9. The van der Waals surface area contributed by atoms with Crippen molar-refractivity contribution in [1.82, 2.24) is 9.38 Å². The maximum Gasteiger partial charge on any atom is 0.137 e. The minimum atomic E-state index is 0.781. The predicted octanol–water partition coefficient (Wildman–Crippen LogP) is 4.56. The Morgan fingerprint density at radius 3 is 2.43 bits per heavy atom. The second-order valence-electron chi connectivity index (χ2n) is 5.78. The molecule has 3 heteroatoms. The lowest BCUT2D eigenvalue weighted by molar-refractivity contribution is 1.16. The van der Waals surface area contributed by atoms with E-state index in [0.29, 0.717) is 0 Å². The Hall–Kier alpha value is -3.07. The van der Waals surface area contributed by atoms with Gasteiger partial charge in [-0.2, -0.15) is 0 Å². The number of aromatic nitrogens is 2. The van der Waals surface area contributed by atoms with Crippen LogP contribution in [0.25, 0.3) is 28.0 Å². The number of rotatable bonds is 2. The number of pyridine rings is 1. The normalized spacial score (nSPS) is 11.0. The SMILES string of the molecule is Cc1ccc2ncc(-c3ccc(-c4cccc(N)c4)cc3)n2c1. The number of nitrogen functional groups attached to an aromatic ring is 1. The van der Waals surface area contributed by atoms with Crippen molar-refractivity contribution >= 4 is 11.3 Å². The molecule has 0 unspecified atom stereocenters. The van der Waals surface area contributed by atoms with Gasteiger partial charge < -0.3 is 5.73 Å². The highest BCUT2D eigenvalue weighted by molar-refractivity contribution is 5.72. The third kappa shape index (κ3) is 2.46. The summed E-state index contributed by atoms with van der Waals surface area (Å²) in [6.07, 6.45) is 4.04. The van der Waals surface area contributed by atoms with Crippen LogP contribution in [0.5, 0.6) is 0 Å². The highest BCUT2D eigenvalue weighted by Gasteiger charge is 2.06. The first-order valence-corrected chi connectivity index (χ1v) is 7.61. The van der Waals surface area contributed by atoms with Crippen molar-refractivity contribution in [2.45, 2.75) is 6.92 Å². The maximum absolute atomic E-state index is 5.87. The molecule has 0 amide bonds. The van der Waals surface area contributed by atoms with Gasteiger partial charge >= 0.3 is 0 Å². The summed E-state index contributed by atoms with van der Waals surface area (Å²) in [7, 11) is 0. The standard InChI is InChI=1S/C20H17N3/c1-14-5-10-20-22-12-19(23(20)13-14)16-8-6-15(7-9-16)17-3-2-4-18(21)11-17/h2-13H,21H2,1H3. The van der Waals surface area contributed by atoms with E-state index in [0.717, 1.165) is 33.7 Å². The second-order valence-corrected chi connectivity index (χ2v) is 5.78. The van der Waals surface area contributed by atoms with Gasteiger partial charge in [0.15, 0.2) is 0 Å². The lowest BCUT2D eigenvalue weighted by atomic mass is 10.0. The van der Waals surface area contributed by atoms with Gasteiger partial charge in [0.2, 0.25) is 0 Å². The Balaban J connectivity index is 1.77. The molecule has 2 aromatic heterocycles. The molecule has 2 aromatic carbocycles. The topological polar surface area (TPSA) is 43.3 Å². The molecule has 0 spiro atoms. The first-order valence-electron chi connectivity index (χ1n) is 7.61. The molecule has 0 aliphatic heterocycles. The second kappa shape index (κ2) is 5.29. The van der Waals surface area contributed by atoms with Crippen LogP contribution in [0, 0.1) is 6.92 Å². The average molecular weight is 299 g/mol. The van der Waals surface area contributed by atoms with Crippen molar-refractivity contribution in [3.8, 4) is 22.4 Å². The minimum Gasteiger partial charge on any atom is -0.399 e. The Morgan fingerprint density at radius 1 is 0.870 bits per heavy atom. The number of imidazole rings is 1. The monoisotopic (exact) mass is 299 g/mol. The van der Waals surface area contributed by atoms with Crippen molar-refractivity contribution in [1.29, 1.82) is 0 Å². The Labute approximate surface area is 135 Å². The smallest absolute Gasteiger partial charge is 0.137 e. The molecule has 0 bridgehead atoms. The third-order valence-electron chi connectivity index (χ3n) is 4.05. The van der Waals surface area contributed by atoms with Crippen LogP contribution in [0.2, 0.25) is 0 Å². The molecule has 4 rings (SSSR count). The minimum absolute atomic E-state index is 0.781. The van der Waals surface area contributed by atoms with Crippen LogP contribution in [-0.2, 0) is 0 Å². The van der Waals surface area contributed by atoms with E-state index in [1.807, 2.05) is 30.5 Å². The molecule has 0 radical (unpaired) electrons. The van der Waals surface area contributed by atoms with Gasteiger partial charge in [-0.15, -0.1) is 0 Å². The predicted molar refractivity (Wildman–Crippen MR) is 95.2 cm³/mol. The summed E-state index contributed by atoms with van der Waals surface area (Å²) >= 11 is 0. The number of aryl methyl sites for hydroxylation is 1. The first kappa shape index (κ1) is 13.6. The highest BCUT2D eigenvalue weighted by atomic mass is 15.0. The lowest BCUT2D eigenvalue weighted by Gasteiger charge is -2.06. The number of anilines is 1. The van der Waals surface area contributed by atoms with Gasteiger partial charge in [0.25, 0.3) is 0 Å². The van der Waals surface area contributed by atoms with Crippen molar-refractivity contribution in [3.05, 3.63) is 78.6 Å². The quantitative estimate of drug-likeness (QED) is 0.551. The van der Waals surface area contributed by atoms with E-state index < -0.39 is 0 Å². The zero-order chi connectivity index (χ0) is 15.8. The number of hydrogen-bond donors (Lipinski definition) is 1. The van der Waals surface area contributed by atoms with Crippen molar-refractivity contribution in [2.24, 2.45) is 0 Å². The molecule has 0 atom stereocenters. The fourth-order valence-corrected chi connectivity index (χ4v) is 2.85. The summed E-state index contributed by atoms with van der Waals surface area (Å²) in [5.74, 6) is 0. The molecule has 2 heterocycles. The zero-order valence-electron chi connectivity index (χ0n) is 12.9. The number of fused-ring (bicyclic) bond motifs is 1. The summed E-state index contributed by atoms with van der Waals surface area (Å²) in [5.41, 5.74) is 13.4. The number of nitrogens with zero attached hydrogens (tertiary/aromatic N) is 2. The summed E-state index contributed by atoms with van der Waals surface area (Å²) < 4.78 is 2.13. The third-order valence-corrected chi connectivity index (χ3v) is 4.05. The average Bonchev–Trinajstić information content (AvgIpc) is 2.98. The van der Waals surface area contributed by atoms with Gasteiger partial charge in [0, 0.05) is 17.4 Å². The molecular formula is C20H17N3. The summed E-state index contributed by atoms with van der Waals surface area (Å²) in [4.78, 5) is 4.47. The van der Waals surface area contributed by atoms with Gasteiger partial charge in [0.05, 0.1) is 11.9 Å². The van der Waals surface area contributed by atoms with E-state index in [-0.39, 0.29) is 0 Å². The van der Waals surface area contributed by atoms with Crippen molar-refractivity contribution < 1.29 is 0 Å². The van der Waals surface area contributed by atoms with Crippen LogP contribution < -0.4 is 5.73 Å². The number of benzene rings is 2. The number of nitrogens with two attached hydrogens (primary N) is 1. The van der Waals surface area contributed by atoms with Gasteiger partial charge in [-0.05, 0) is 41.8 Å². The Bertz CT molecular complexity index is 981. The Kier molecular flexibility index (Phi) is 3.12. The summed E-state index contributed by atoms with van der Waals surface area (Å²) in [6.45, 7) is 2.09. The molecule has 23 heavy (non-hydrogen) atoms. The van der Waals surface area contributed by atoms with E-state index in [4.69, 9.17) is 5.73 Å². The van der Waals surface area contributed by atoms with Gasteiger partial charge in [-0.25, -0.2) is 4.98 Å². The molecular weight excluding hydrogens is 282 g/mol. The highest BCUT2D eigenvalue weighted by Crippen LogP contribution is 2.26. The molecule has 0 saturated heterocycles. The Morgan fingerprint density at radius 2 is 1.65 bits per heavy atom. The molecule has 112 valence electrons. The molecule has 0 fully saturated rings. The van der Waals surface area contributed by atoms with Crippen LogP contribution in [-0.4, -0.2) is 9.38 Å². The van der Waals surface area contributed by atoms with E-state index in [9.17, 15) is 0 Å². The van der Waals surface area contributed by atoms with Crippen molar-refractivity contribution in [2.75, 3.05) is 5.73 Å².